The molecule has 1 aliphatic heterocycles. The number of hydrogen-bond acceptors (Lipinski definition) is 3. The van der Waals surface area contributed by atoms with Gasteiger partial charge in [0.15, 0.2) is 0 Å². The van der Waals surface area contributed by atoms with Gasteiger partial charge in [0.1, 0.15) is 0 Å². The molecule has 21 heavy (non-hydrogen) atoms. The zero-order valence-corrected chi connectivity index (χ0v) is 13.4. The topological polar surface area (TPSA) is 58.4 Å². The largest absolute Gasteiger partial charge is 0.358 e. The fourth-order valence-electron chi connectivity index (χ4n) is 3.22. The van der Waals surface area contributed by atoms with Crippen molar-refractivity contribution < 1.29 is 4.79 Å². The summed E-state index contributed by atoms with van der Waals surface area (Å²) in [6.07, 6.45) is 3.05. The zero-order valence-electron chi connectivity index (χ0n) is 12.7. The van der Waals surface area contributed by atoms with Gasteiger partial charge in [0.05, 0.1) is 12.1 Å². The molecule has 4 nitrogen and oxygen atoms in total. The maximum Gasteiger partial charge on any atom is 0.237 e. The summed E-state index contributed by atoms with van der Waals surface area (Å²) in [6.45, 7) is 2.87. The lowest BCUT2D eigenvalue weighted by molar-refractivity contribution is -0.128. The minimum absolute atomic E-state index is 0.00583. The van der Waals surface area contributed by atoms with E-state index in [9.17, 15) is 4.79 Å². The van der Waals surface area contributed by atoms with Crippen molar-refractivity contribution in [3.8, 4) is 0 Å². The van der Waals surface area contributed by atoms with E-state index in [1.54, 1.807) is 7.05 Å². The van der Waals surface area contributed by atoms with Gasteiger partial charge in [-0.3, -0.25) is 9.69 Å². The number of likely N-dealkylation sites (tertiary alicyclic amines) is 1. The molecule has 5 heteroatoms. The SMILES string of the molecule is CNC(=O)C1CCCCN1C(c1cccc(Cl)c1)C(C)N. The predicted octanol–water partition coefficient (Wildman–Crippen LogP) is 2.33. The average Bonchev–Trinajstić information content (AvgIpc) is 2.47. The summed E-state index contributed by atoms with van der Waals surface area (Å²) in [6, 6.07) is 7.60. The number of likely N-dealkylation sites (N-methyl/N-ethyl adjacent to an activating group) is 1. The Bertz CT molecular complexity index is 492. The number of benzene rings is 1. The molecule has 1 aliphatic rings. The normalized spacial score (nSPS) is 22.6. The van der Waals surface area contributed by atoms with Gasteiger partial charge in [0.2, 0.25) is 5.91 Å². The van der Waals surface area contributed by atoms with Crippen LogP contribution in [0, 0.1) is 0 Å². The number of piperidine rings is 1. The van der Waals surface area contributed by atoms with Crippen LogP contribution in [-0.4, -0.2) is 36.5 Å². The molecule has 0 radical (unpaired) electrons. The number of nitrogens with one attached hydrogen (secondary N) is 1. The van der Waals surface area contributed by atoms with Gasteiger partial charge in [0.25, 0.3) is 0 Å². The van der Waals surface area contributed by atoms with Gasteiger partial charge in [-0.15, -0.1) is 0 Å². The van der Waals surface area contributed by atoms with E-state index in [0.717, 1.165) is 31.4 Å². The highest BCUT2D eigenvalue weighted by molar-refractivity contribution is 6.30. The van der Waals surface area contributed by atoms with E-state index >= 15 is 0 Å². The summed E-state index contributed by atoms with van der Waals surface area (Å²) in [5.41, 5.74) is 7.31. The molecule has 0 spiro atoms. The summed E-state index contributed by atoms with van der Waals surface area (Å²) in [5.74, 6) is 0.0716. The highest BCUT2D eigenvalue weighted by Gasteiger charge is 2.35. The molecule has 1 amide bonds. The molecule has 3 unspecified atom stereocenters. The lowest BCUT2D eigenvalue weighted by Crippen LogP contribution is -2.53. The molecular formula is C16H24ClN3O. The molecule has 1 fully saturated rings. The number of carbonyl (C=O) groups is 1. The molecule has 1 heterocycles. The van der Waals surface area contributed by atoms with E-state index in [2.05, 4.69) is 10.2 Å². The van der Waals surface area contributed by atoms with Gasteiger partial charge in [-0.1, -0.05) is 30.2 Å². The first kappa shape index (κ1) is 16.3. The summed E-state index contributed by atoms with van der Waals surface area (Å²) in [7, 11) is 1.69. The van der Waals surface area contributed by atoms with E-state index in [-0.39, 0.29) is 24.0 Å². The second-order valence-electron chi connectivity index (χ2n) is 5.72. The van der Waals surface area contributed by atoms with Crippen molar-refractivity contribution >= 4 is 17.5 Å². The fraction of sp³-hybridized carbons (Fsp3) is 0.562. The molecule has 1 aromatic rings. The molecule has 0 bridgehead atoms. The third kappa shape index (κ3) is 3.76. The molecule has 116 valence electrons. The van der Waals surface area contributed by atoms with Crippen molar-refractivity contribution in [2.45, 2.75) is 44.3 Å². The number of carbonyl (C=O) groups excluding carboxylic acids is 1. The molecule has 1 aromatic carbocycles. The van der Waals surface area contributed by atoms with Crippen LogP contribution in [0.1, 0.15) is 37.8 Å². The number of halogens is 1. The highest BCUT2D eigenvalue weighted by atomic mass is 35.5. The minimum Gasteiger partial charge on any atom is -0.358 e. The van der Waals surface area contributed by atoms with Gasteiger partial charge >= 0.3 is 0 Å². The Hall–Kier alpha value is -1.10. The standard InChI is InChI=1S/C16H24ClN3O/c1-11(18)15(12-6-5-7-13(17)10-12)20-9-4-3-8-14(20)16(21)19-2/h5-7,10-11,14-15H,3-4,8-9,18H2,1-2H3,(H,19,21). The van der Waals surface area contributed by atoms with E-state index in [1.165, 1.54) is 0 Å². The van der Waals surface area contributed by atoms with E-state index < -0.39 is 0 Å². The third-order valence-electron chi connectivity index (χ3n) is 4.14. The Labute approximate surface area is 131 Å². The van der Waals surface area contributed by atoms with Crippen LogP contribution in [0.25, 0.3) is 0 Å². The number of rotatable bonds is 4. The molecule has 0 aromatic heterocycles. The first-order chi connectivity index (χ1) is 10.0. The fourth-order valence-corrected chi connectivity index (χ4v) is 3.42. The maximum atomic E-state index is 12.2. The minimum atomic E-state index is -0.112. The van der Waals surface area contributed by atoms with Crippen molar-refractivity contribution in [1.82, 2.24) is 10.2 Å². The Morgan fingerprint density at radius 1 is 1.48 bits per heavy atom. The van der Waals surface area contributed by atoms with Crippen LogP contribution in [0.2, 0.25) is 5.02 Å². The van der Waals surface area contributed by atoms with Crippen molar-refractivity contribution in [3.05, 3.63) is 34.9 Å². The second-order valence-corrected chi connectivity index (χ2v) is 6.16. The van der Waals surface area contributed by atoms with Gasteiger partial charge in [-0.25, -0.2) is 0 Å². The van der Waals surface area contributed by atoms with Gasteiger partial charge < -0.3 is 11.1 Å². The number of nitrogens with zero attached hydrogens (tertiary/aromatic N) is 1. The average molecular weight is 310 g/mol. The van der Waals surface area contributed by atoms with Crippen LogP contribution in [0.4, 0.5) is 0 Å². The van der Waals surface area contributed by atoms with Crippen LogP contribution in [-0.2, 0) is 4.79 Å². The molecule has 3 N–H and O–H groups in total. The van der Waals surface area contributed by atoms with Gasteiger partial charge in [-0.2, -0.15) is 0 Å². The zero-order chi connectivity index (χ0) is 15.4. The van der Waals surface area contributed by atoms with Crippen molar-refractivity contribution in [2.24, 2.45) is 5.73 Å². The lowest BCUT2D eigenvalue weighted by atomic mass is 9.92. The predicted molar refractivity (Wildman–Crippen MR) is 86.3 cm³/mol. The Kier molecular flexibility index (Phi) is 5.62. The highest BCUT2D eigenvalue weighted by Crippen LogP contribution is 2.31. The smallest absolute Gasteiger partial charge is 0.237 e. The van der Waals surface area contributed by atoms with Crippen LogP contribution < -0.4 is 11.1 Å². The molecule has 0 saturated carbocycles. The van der Waals surface area contributed by atoms with Crippen molar-refractivity contribution in [1.29, 1.82) is 0 Å². The van der Waals surface area contributed by atoms with Crippen molar-refractivity contribution in [2.75, 3.05) is 13.6 Å². The van der Waals surface area contributed by atoms with E-state index in [0.29, 0.717) is 5.02 Å². The van der Waals surface area contributed by atoms with Crippen LogP contribution >= 0.6 is 11.6 Å². The first-order valence-electron chi connectivity index (χ1n) is 7.53. The summed E-state index contributed by atoms with van der Waals surface area (Å²) >= 11 is 6.12. The Morgan fingerprint density at radius 2 is 2.24 bits per heavy atom. The molecule has 1 saturated heterocycles. The van der Waals surface area contributed by atoms with E-state index in [4.69, 9.17) is 17.3 Å². The number of amides is 1. The molecule has 0 aliphatic carbocycles. The molecule has 3 atom stereocenters. The summed E-state index contributed by atoms with van der Waals surface area (Å²) in [4.78, 5) is 14.4. The van der Waals surface area contributed by atoms with Crippen molar-refractivity contribution in [3.63, 3.8) is 0 Å². The summed E-state index contributed by atoms with van der Waals surface area (Å²) < 4.78 is 0. The van der Waals surface area contributed by atoms with Crippen LogP contribution in [0.3, 0.4) is 0 Å². The number of hydrogen-bond donors (Lipinski definition) is 2. The maximum absolute atomic E-state index is 12.2. The third-order valence-corrected chi connectivity index (χ3v) is 4.37. The van der Waals surface area contributed by atoms with E-state index in [1.807, 2.05) is 31.2 Å². The van der Waals surface area contributed by atoms with Crippen LogP contribution in [0.15, 0.2) is 24.3 Å². The van der Waals surface area contributed by atoms with Gasteiger partial charge in [0, 0.05) is 18.1 Å². The Balaban J connectivity index is 2.33. The summed E-state index contributed by atoms with van der Waals surface area (Å²) in [5, 5.41) is 3.47. The molecule has 2 rings (SSSR count). The first-order valence-corrected chi connectivity index (χ1v) is 7.90. The monoisotopic (exact) mass is 309 g/mol. The number of nitrogens with two attached hydrogens (primary N) is 1. The Morgan fingerprint density at radius 3 is 2.86 bits per heavy atom. The lowest BCUT2D eigenvalue weighted by Gasteiger charge is -2.42. The second kappa shape index (κ2) is 7.25. The quantitative estimate of drug-likeness (QED) is 0.897. The van der Waals surface area contributed by atoms with Crippen LogP contribution in [0.5, 0.6) is 0 Å². The molecular weight excluding hydrogens is 286 g/mol. The van der Waals surface area contributed by atoms with Gasteiger partial charge in [-0.05, 0) is 44.0 Å².